The van der Waals surface area contributed by atoms with Crippen LogP contribution in [0.2, 0.25) is 0 Å². The second-order valence-electron chi connectivity index (χ2n) is 3.26. The van der Waals surface area contributed by atoms with E-state index in [1.165, 1.54) is 0 Å². The lowest BCUT2D eigenvalue weighted by molar-refractivity contribution is 0.447. The van der Waals surface area contributed by atoms with Crippen LogP contribution in [0.3, 0.4) is 0 Å². The molecule has 0 bridgehead atoms. The van der Waals surface area contributed by atoms with E-state index in [0.717, 1.165) is 5.56 Å². The highest BCUT2D eigenvalue weighted by Crippen LogP contribution is 2.23. The molecule has 0 fully saturated rings. The van der Waals surface area contributed by atoms with Crippen LogP contribution in [0.5, 0.6) is 0 Å². The predicted octanol–water partition coefficient (Wildman–Crippen LogP) is 2.20. The zero-order valence-electron chi connectivity index (χ0n) is 7.90. The van der Waals surface area contributed by atoms with Gasteiger partial charge < -0.3 is 4.52 Å². The van der Waals surface area contributed by atoms with Crippen LogP contribution in [0.4, 0.5) is 0 Å². The van der Waals surface area contributed by atoms with Crippen molar-refractivity contribution < 1.29 is 12.9 Å². The van der Waals surface area contributed by atoms with Gasteiger partial charge in [0.25, 0.3) is 0 Å². The summed E-state index contributed by atoms with van der Waals surface area (Å²) in [5.41, 5.74) is 1.87. The molecule has 0 aliphatic carbocycles. The highest BCUT2D eigenvalue weighted by molar-refractivity contribution is 8.13. The molecule has 6 heteroatoms. The normalized spacial score (nSPS) is 12.1. The summed E-state index contributed by atoms with van der Waals surface area (Å²) in [6.07, 6.45) is 0. The Hall–Kier alpha value is -1.07. The Kier molecular flexibility index (Phi) is 2.44. The molecular formula is C9H8ClNO3S. The van der Waals surface area contributed by atoms with Crippen LogP contribution in [-0.2, 0) is 14.8 Å². The Morgan fingerprint density at radius 2 is 2.20 bits per heavy atom. The van der Waals surface area contributed by atoms with Crippen LogP contribution in [0, 0.1) is 6.92 Å². The van der Waals surface area contributed by atoms with E-state index < -0.39 is 9.05 Å². The minimum Gasteiger partial charge on any atom is -0.356 e. The van der Waals surface area contributed by atoms with Gasteiger partial charge in [-0.2, -0.15) is 0 Å². The first-order valence-corrected chi connectivity index (χ1v) is 6.71. The Balaban J connectivity index is 2.60. The van der Waals surface area contributed by atoms with E-state index in [-0.39, 0.29) is 5.75 Å². The van der Waals surface area contributed by atoms with Crippen molar-refractivity contribution in [1.82, 2.24) is 5.16 Å². The molecule has 0 spiro atoms. The summed E-state index contributed by atoms with van der Waals surface area (Å²) in [7, 11) is 1.55. The molecule has 2 aromatic rings. The number of hydrogen-bond acceptors (Lipinski definition) is 4. The molecule has 2 rings (SSSR count). The van der Waals surface area contributed by atoms with Gasteiger partial charge in [-0.25, -0.2) is 8.42 Å². The number of halogens is 1. The van der Waals surface area contributed by atoms with Gasteiger partial charge in [-0.15, -0.1) is 0 Å². The number of hydrogen-bond donors (Lipinski definition) is 0. The van der Waals surface area contributed by atoms with Crippen LogP contribution in [0.1, 0.15) is 11.3 Å². The van der Waals surface area contributed by atoms with E-state index >= 15 is 0 Å². The molecule has 1 heterocycles. The zero-order valence-corrected chi connectivity index (χ0v) is 9.47. The molecule has 0 aliphatic heterocycles. The fourth-order valence-corrected chi connectivity index (χ4v) is 2.26. The minimum atomic E-state index is -3.60. The van der Waals surface area contributed by atoms with E-state index in [2.05, 4.69) is 5.16 Å². The van der Waals surface area contributed by atoms with Crippen molar-refractivity contribution in [3.63, 3.8) is 0 Å². The van der Waals surface area contributed by atoms with Gasteiger partial charge >= 0.3 is 0 Å². The fourth-order valence-electron chi connectivity index (χ4n) is 1.42. The van der Waals surface area contributed by atoms with Crippen molar-refractivity contribution in [3.8, 4) is 0 Å². The van der Waals surface area contributed by atoms with Crippen LogP contribution < -0.4 is 0 Å². The van der Waals surface area contributed by atoms with Crippen molar-refractivity contribution in [1.29, 1.82) is 0 Å². The standard InChI is InChI=1S/C9H8ClNO3S/c1-6-3-2-4-7-8(5-15(10,12)13)11-14-9(6)7/h2-4H,5H2,1H3. The molecule has 0 N–H and O–H groups in total. The third-order valence-corrected chi connectivity index (χ3v) is 3.02. The Morgan fingerprint density at radius 1 is 1.47 bits per heavy atom. The summed E-state index contributed by atoms with van der Waals surface area (Å²) in [4.78, 5) is 0. The number of fused-ring (bicyclic) bond motifs is 1. The number of benzene rings is 1. The molecule has 0 aliphatic rings. The number of para-hydroxylation sites is 1. The maximum absolute atomic E-state index is 10.9. The van der Waals surface area contributed by atoms with Gasteiger partial charge in [0.05, 0.1) is 0 Å². The summed E-state index contributed by atoms with van der Waals surface area (Å²) in [6.45, 7) is 1.87. The van der Waals surface area contributed by atoms with Gasteiger partial charge in [-0.3, -0.25) is 0 Å². The quantitative estimate of drug-likeness (QED) is 0.761. The Bertz CT molecular complexity index is 603. The Morgan fingerprint density at radius 3 is 2.87 bits per heavy atom. The molecule has 0 amide bonds. The second-order valence-corrected chi connectivity index (χ2v) is 6.04. The summed E-state index contributed by atoms with van der Waals surface area (Å²) in [5, 5.41) is 4.40. The summed E-state index contributed by atoms with van der Waals surface area (Å²) in [5.74, 6) is -0.314. The molecule has 4 nitrogen and oxygen atoms in total. The predicted molar refractivity (Wildman–Crippen MR) is 57.2 cm³/mol. The number of aromatic nitrogens is 1. The van der Waals surface area contributed by atoms with Crippen molar-refractivity contribution in [2.24, 2.45) is 0 Å². The molecular weight excluding hydrogens is 238 g/mol. The van der Waals surface area contributed by atoms with E-state index in [1.54, 1.807) is 6.07 Å². The van der Waals surface area contributed by atoms with Crippen LogP contribution in [-0.4, -0.2) is 13.6 Å². The molecule has 0 unspecified atom stereocenters. The van der Waals surface area contributed by atoms with Crippen LogP contribution in [0.25, 0.3) is 11.0 Å². The van der Waals surface area contributed by atoms with Crippen molar-refractivity contribution >= 4 is 30.7 Å². The van der Waals surface area contributed by atoms with Gasteiger partial charge in [-0.1, -0.05) is 17.3 Å². The van der Waals surface area contributed by atoms with Gasteiger partial charge in [0, 0.05) is 16.1 Å². The lowest BCUT2D eigenvalue weighted by Crippen LogP contribution is -1.95. The van der Waals surface area contributed by atoms with Crippen LogP contribution in [0.15, 0.2) is 22.7 Å². The number of aryl methyl sites for hydroxylation is 1. The van der Waals surface area contributed by atoms with E-state index in [9.17, 15) is 8.42 Å². The third-order valence-electron chi connectivity index (χ3n) is 2.08. The summed E-state index contributed by atoms with van der Waals surface area (Å²) >= 11 is 0. The highest BCUT2D eigenvalue weighted by atomic mass is 35.7. The van der Waals surface area contributed by atoms with Crippen LogP contribution >= 0.6 is 10.7 Å². The van der Waals surface area contributed by atoms with Crippen molar-refractivity contribution in [3.05, 3.63) is 29.5 Å². The summed E-state index contributed by atoms with van der Waals surface area (Å²) in [6, 6.07) is 5.45. The first-order valence-electron chi connectivity index (χ1n) is 4.23. The second kappa shape index (κ2) is 3.50. The number of nitrogens with zero attached hydrogens (tertiary/aromatic N) is 1. The molecule has 80 valence electrons. The fraction of sp³-hybridized carbons (Fsp3) is 0.222. The molecule has 0 radical (unpaired) electrons. The SMILES string of the molecule is Cc1cccc2c(CS(=O)(=O)Cl)noc12. The van der Waals surface area contributed by atoms with Gasteiger partial charge in [0.1, 0.15) is 11.4 Å². The van der Waals surface area contributed by atoms with E-state index in [1.807, 2.05) is 19.1 Å². The first-order chi connectivity index (χ1) is 6.97. The van der Waals surface area contributed by atoms with Gasteiger partial charge in [0.15, 0.2) is 5.58 Å². The molecule has 0 saturated heterocycles. The van der Waals surface area contributed by atoms with E-state index in [4.69, 9.17) is 15.2 Å². The topological polar surface area (TPSA) is 60.2 Å². The molecule has 0 saturated carbocycles. The molecule has 15 heavy (non-hydrogen) atoms. The zero-order chi connectivity index (χ0) is 11.1. The monoisotopic (exact) mass is 245 g/mol. The minimum absolute atomic E-state index is 0.314. The maximum Gasteiger partial charge on any atom is 0.238 e. The molecule has 1 aromatic heterocycles. The average molecular weight is 246 g/mol. The van der Waals surface area contributed by atoms with Crippen molar-refractivity contribution in [2.75, 3.05) is 0 Å². The maximum atomic E-state index is 10.9. The lowest BCUT2D eigenvalue weighted by Gasteiger charge is -1.93. The largest absolute Gasteiger partial charge is 0.356 e. The van der Waals surface area contributed by atoms with E-state index in [0.29, 0.717) is 16.7 Å². The molecule has 1 aromatic carbocycles. The summed E-state index contributed by atoms with van der Waals surface area (Å²) < 4.78 is 26.9. The van der Waals surface area contributed by atoms with Gasteiger partial charge in [-0.05, 0) is 18.6 Å². The number of rotatable bonds is 2. The molecule has 0 atom stereocenters. The first kappa shape index (κ1) is 10.4. The lowest BCUT2D eigenvalue weighted by atomic mass is 10.1. The Labute approximate surface area is 91.2 Å². The average Bonchev–Trinajstić information content (AvgIpc) is 2.48. The van der Waals surface area contributed by atoms with Crippen molar-refractivity contribution in [2.45, 2.75) is 12.7 Å². The third kappa shape index (κ3) is 2.13. The van der Waals surface area contributed by atoms with Gasteiger partial charge in [0.2, 0.25) is 9.05 Å². The smallest absolute Gasteiger partial charge is 0.238 e. The highest BCUT2D eigenvalue weighted by Gasteiger charge is 2.15.